The van der Waals surface area contributed by atoms with E-state index in [2.05, 4.69) is 39.9 Å². The summed E-state index contributed by atoms with van der Waals surface area (Å²) < 4.78 is 1.78. The fraction of sp³-hybridized carbons (Fsp3) is 0.478. The van der Waals surface area contributed by atoms with Gasteiger partial charge in [0.2, 0.25) is 0 Å². The number of Topliss-reactive ketones (excluding diaryl/α,β-unsaturated/α-hetero) is 1. The van der Waals surface area contributed by atoms with Crippen molar-refractivity contribution < 1.29 is 4.79 Å². The summed E-state index contributed by atoms with van der Waals surface area (Å²) in [5.74, 6) is 1.45. The summed E-state index contributed by atoms with van der Waals surface area (Å²) in [6, 6.07) is 4.09. The first-order chi connectivity index (χ1) is 14.0. The molecule has 29 heavy (non-hydrogen) atoms. The zero-order valence-electron chi connectivity index (χ0n) is 17.5. The standard InChI is InChI=1S/C23H29N5O/c1-16(2)13-28-5-4-17(14-28)6-22(29)9-21-8-18-7-19(10-25-23(18)12-24-21)20-11-26-27(3)15-20/h7-8,10-12,15-17H,4-6,9,13-14H2,1-3H3. The predicted octanol–water partition coefficient (Wildman–Crippen LogP) is 3.51. The van der Waals surface area contributed by atoms with Gasteiger partial charge in [0.15, 0.2) is 0 Å². The van der Waals surface area contributed by atoms with Crippen LogP contribution in [0.25, 0.3) is 22.0 Å². The number of hydrogen-bond acceptors (Lipinski definition) is 5. The lowest BCUT2D eigenvalue weighted by atomic mass is 9.99. The van der Waals surface area contributed by atoms with E-state index in [0.717, 1.165) is 53.8 Å². The predicted molar refractivity (Wildman–Crippen MR) is 114 cm³/mol. The molecule has 0 spiro atoms. The molecule has 0 aliphatic carbocycles. The van der Waals surface area contributed by atoms with Crippen molar-refractivity contribution >= 4 is 16.7 Å². The Morgan fingerprint density at radius 2 is 2.03 bits per heavy atom. The first kappa shape index (κ1) is 19.7. The summed E-state index contributed by atoms with van der Waals surface area (Å²) in [4.78, 5) is 24.1. The summed E-state index contributed by atoms with van der Waals surface area (Å²) in [6.07, 6.45) is 9.59. The van der Waals surface area contributed by atoms with Crippen molar-refractivity contribution in [2.45, 2.75) is 33.1 Å². The van der Waals surface area contributed by atoms with E-state index in [1.54, 1.807) is 10.9 Å². The number of rotatable bonds is 7. The van der Waals surface area contributed by atoms with Crippen LogP contribution in [0.3, 0.4) is 0 Å². The molecular weight excluding hydrogens is 362 g/mol. The summed E-state index contributed by atoms with van der Waals surface area (Å²) in [5, 5.41) is 5.24. The number of likely N-dealkylation sites (tertiary alicyclic amines) is 1. The minimum Gasteiger partial charge on any atom is -0.303 e. The van der Waals surface area contributed by atoms with Crippen molar-refractivity contribution in [3.63, 3.8) is 0 Å². The summed E-state index contributed by atoms with van der Waals surface area (Å²) in [7, 11) is 1.90. The van der Waals surface area contributed by atoms with Gasteiger partial charge in [0.25, 0.3) is 0 Å². The highest BCUT2D eigenvalue weighted by atomic mass is 16.1. The minimum absolute atomic E-state index is 0.282. The van der Waals surface area contributed by atoms with E-state index in [1.165, 1.54) is 0 Å². The lowest BCUT2D eigenvalue weighted by molar-refractivity contribution is -0.119. The third-order valence-corrected chi connectivity index (χ3v) is 5.55. The second-order valence-electron chi connectivity index (χ2n) is 8.72. The number of hydrogen-bond donors (Lipinski definition) is 0. The SMILES string of the molecule is CC(C)CN1CCC(CC(=O)Cc2cc3cc(-c4cnn(C)c4)cnc3cn2)C1. The van der Waals surface area contributed by atoms with Crippen LogP contribution in [0.5, 0.6) is 0 Å². The lowest BCUT2D eigenvalue weighted by Gasteiger charge is -2.18. The molecule has 3 aromatic heterocycles. The number of carbonyl (C=O) groups excluding carboxylic acids is 1. The Kier molecular flexibility index (Phi) is 5.72. The van der Waals surface area contributed by atoms with Crippen molar-refractivity contribution in [2.75, 3.05) is 19.6 Å². The van der Waals surface area contributed by atoms with Crippen LogP contribution in [-0.4, -0.2) is 50.1 Å². The molecular formula is C23H29N5O. The van der Waals surface area contributed by atoms with Gasteiger partial charge in [-0.3, -0.25) is 19.4 Å². The molecule has 1 saturated heterocycles. The van der Waals surface area contributed by atoms with Crippen molar-refractivity contribution in [3.05, 3.63) is 42.6 Å². The van der Waals surface area contributed by atoms with Crippen molar-refractivity contribution in [1.29, 1.82) is 0 Å². The fourth-order valence-corrected chi connectivity index (χ4v) is 4.26. The third-order valence-electron chi connectivity index (χ3n) is 5.55. The topological polar surface area (TPSA) is 63.9 Å². The molecule has 0 aromatic carbocycles. The molecule has 0 saturated carbocycles. The van der Waals surface area contributed by atoms with Crippen molar-refractivity contribution in [1.82, 2.24) is 24.6 Å². The number of carbonyl (C=O) groups is 1. The quantitative estimate of drug-likeness (QED) is 0.617. The van der Waals surface area contributed by atoms with Gasteiger partial charge in [-0.25, -0.2) is 0 Å². The Morgan fingerprint density at radius 1 is 1.17 bits per heavy atom. The maximum Gasteiger partial charge on any atom is 0.139 e. The average Bonchev–Trinajstić information content (AvgIpc) is 3.29. The molecule has 152 valence electrons. The molecule has 1 atom stereocenters. The Bertz CT molecular complexity index is 1010. The minimum atomic E-state index is 0.282. The Hall–Kier alpha value is -2.60. The van der Waals surface area contributed by atoms with Crippen LogP contribution in [-0.2, 0) is 18.3 Å². The van der Waals surface area contributed by atoms with Crippen LogP contribution in [0, 0.1) is 11.8 Å². The Labute approximate surface area is 172 Å². The van der Waals surface area contributed by atoms with Crippen LogP contribution in [0.1, 0.15) is 32.4 Å². The Balaban J connectivity index is 1.42. The van der Waals surface area contributed by atoms with Gasteiger partial charge in [0, 0.05) is 67.6 Å². The normalized spacial score (nSPS) is 17.4. The lowest BCUT2D eigenvalue weighted by Crippen LogP contribution is -2.25. The van der Waals surface area contributed by atoms with E-state index in [1.807, 2.05) is 31.7 Å². The number of aromatic nitrogens is 4. The maximum atomic E-state index is 12.6. The molecule has 0 radical (unpaired) electrons. The van der Waals surface area contributed by atoms with Gasteiger partial charge >= 0.3 is 0 Å². The highest BCUT2D eigenvalue weighted by molar-refractivity contribution is 5.85. The zero-order chi connectivity index (χ0) is 20.4. The molecule has 1 unspecified atom stereocenters. The smallest absolute Gasteiger partial charge is 0.139 e. The third kappa shape index (κ3) is 4.88. The Morgan fingerprint density at radius 3 is 2.79 bits per heavy atom. The molecule has 0 N–H and O–H groups in total. The molecule has 1 fully saturated rings. The van der Waals surface area contributed by atoms with E-state index < -0.39 is 0 Å². The number of ketones is 1. The van der Waals surface area contributed by atoms with Gasteiger partial charge in [-0.2, -0.15) is 5.10 Å². The first-order valence-electron chi connectivity index (χ1n) is 10.4. The summed E-state index contributed by atoms with van der Waals surface area (Å²) >= 11 is 0. The molecule has 6 heteroatoms. The zero-order valence-corrected chi connectivity index (χ0v) is 17.5. The molecule has 0 amide bonds. The van der Waals surface area contributed by atoms with Crippen LogP contribution in [0.15, 0.2) is 36.9 Å². The average molecular weight is 392 g/mol. The molecule has 3 aromatic rings. The highest BCUT2D eigenvalue weighted by Gasteiger charge is 2.25. The molecule has 4 heterocycles. The van der Waals surface area contributed by atoms with E-state index in [4.69, 9.17) is 0 Å². The van der Waals surface area contributed by atoms with Gasteiger partial charge < -0.3 is 4.90 Å². The van der Waals surface area contributed by atoms with E-state index in [9.17, 15) is 4.79 Å². The maximum absolute atomic E-state index is 12.6. The first-order valence-corrected chi connectivity index (χ1v) is 10.4. The van der Waals surface area contributed by atoms with Crippen LogP contribution in [0.2, 0.25) is 0 Å². The van der Waals surface area contributed by atoms with Gasteiger partial charge in [-0.15, -0.1) is 0 Å². The molecule has 4 rings (SSSR count). The van der Waals surface area contributed by atoms with Gasteiger partial charge in [-0.05, 0) is 36.9 Å². The molecule has 6 nitrogen and oxygen atoms in total. The number of pyridine rings is 2. The molecule has 1 aliphatic heterocycles. The van der Waals surface area contributed by atoms with E-state index in [-0.39, 0.29) is 5.78 Å². The molecule has 0 bridgehead atoms. The van der Waals surface area contributed by atoms with Gasteiger partial charge in [0.05, 0.1) is 17.9 Å². The second-order valence-corrected chi connectivity index (χ2v) is 8.72. The van der Waals surface area contributed by atoms with Crippen LogP contribution >= 0.6 is 0 Å². The number of aryl methyl sites for hydroxylation is 1. The second kappa shape index (κ2) is 8.41. The number of nitrogens with zero attached hydrogens (tertiary/aromatic N) is 5. The van der Waals surface area contributed by atoms with Crippen LogP contribution < -0.4 is 0 Å². The van der Waals surface area contributed by atoms with Crippen molar-refractivity contribution in [2.24, 2.45) is 18.9 Å². The largest absolute Gasteiger partial charge is 0.303 e. The van der Waals surface area contributed by atoms with Crippen molar-refractivity contribution in [3.8, 4) is 11.1 Å². The van der Waals surface area contributed by atoms with Crippen LogP contribution in [0.4, 0.5) is 0 Å². The molecule has 1 aliphatic rings. The monoisotopic (exact) mass is 391 g/mol. The van der Waals surface area contributed by atoms with E-state index >= 15 is 0 Å². The highest BCUT2D eigenvalue weighted by Crippen LogP contribution is 2.24. The summed E-state index contributed by atoms with van der Waals surface area (Å²) in [6.45, 7) is 7.79. The van der Waals surface area contributed by atoms with Gasteiger partial charge in [-0.1, -0.05) is 13.8 Å². The van der Waals surface area contributed by atoms with E-state index in [0.29, 0.717) is 24.7 Å². The fourth-order valence-electron chi connectivity index (χ4n) is 4.26. The van der Waals surface area contributed by atoms with Gasteiger partial charge in [0.1, 0.15) is 5.78 Å². The number of fused-ring (bicyclic) bond motifs is 1. The summed E-state index contributed by atoms with van der Waals surface area (Å²) in [5.41, 5.74) is 3.72.